The normalized spacial score (nSPS) is 21.6. The molecule has 8 heteroatoms. The third-order valence-corrected chi connectivity index (χ3v) is 4.69. The Kier molecular flexibility index (Phi) is 5.33. The molecule has 0 radical (unpaired) electrons. The fourth-order valence-electron chi connectivity index (χ4n) is 3.17. The van der Waals surface area contributed by atoms with Gasteiger partial charge in [0.2, 0.25) is 0 Å². The van der Waals surface area contributed by atoms with Gasteiger partial charge >= 0.3 is 12.1 Å². The SMILES string of the molecule is C=NC(=N/C=C(\C)N1C(=O)NC(C)(C)C1=O)Oc1ccc2c(c1)C(CC)OC2. The Morgan fingerprint density at radius 3 is 2.82 bits per heavy atom. The van der Waals surface area contributed by atoms with Crippen LogP contribution in [-0.2, 0) is 16.1 Å². The zero-order valence-electron chi connectivity index (χ0n) is 16.5. The van der Waals surface area contributed by atoms with Crippen molar-refractivity contribution in [2.45, 2.75) is 52.4 Å². The predicted molar refractivity (Wildman–Crippen MR) is 105 cm³/mol. The van der Waals surface area contributed by atoms with Crippen LogP contribution < -0.4 is 10.1 Å². The summed E-state index contributed by atoms with van der Waals surface area (Å²) >= 11 is 0. The maximum atomic E-state index is 12.3. The van der Waals surface area contributed by atoms with Gasteiger partial charge in [0.25, 0.3) is 5.91 Å². The van der Waals surface area contributed by atoms with Gasteiger partial charge in [-0.15, -0.1) is 0 Å². The van der Waals surface area contributed by atoms with E-state index >= 15 is 0 Å². The number of carbonyl (C=O) groups is 2. The first-order chi connectivity index (χ1) is 13.3. The Hall–Kier alpha value is -3.00. The summed E-state index contributed by atoms with van der Waals surface area (Å²) in [6, 6.07) is 5.21. The molecule has 0 aliphatic carbocycles. The first-order valence-electron chi connectivity index (χ1n) is 9.07. The number of hydrogen-bond acceptors (Lipinski definition) is 5. The summed E-state index contributed by atoms with van der Waals surface area (Å²) in [4.78, 5) is 33.3. The fourth-order valence-corrected chi connectivity index (χ4v) is 3.17. The van der Waals surface area contributed by atoms with Gasteiger partial charge in [-0.1, -0.05) is 13.0 Å². The lowest BCUT2D eigenvalue weighted by Crippen LogP contribution is -2.40. The molecule has 2 heterocycles. The molecule has 148 valence electrons. The highest BCUT2D eigenvalue weighted by Crippen LogP contribution is 2.35. The summed E-state index contributed by atoms with van der Waals surface area (Å²) in [5.41, 5.74) is 1.64. The molecule has 2 aliphatic rings. The minimum Gasteiger partial charge on any atom is -0.424 e. The monoisotopic (exact) mass is 384 g/mol. The van der Waals surface area contributed by atoms with Crippen LogP contribution in [0, 0.1) is 0 Å². The molecule has 3 amide bonds. The van der Waals surface area contributed by atoms with E-state index in [0.29, 0.717) is 18.1 Å². The molecule has 0 bridgehead atoms. The molecule has 1 N–H and O–H groups in total. The molecule has 1 atom stereocenters. The lowest BCUT2D eigenvalue weighted by molar-refractivity contribution is -0.128. The highest BCUT2D eigenvalue weighted by molar-refractivity contribution is 6.08. The lowest BCUT2D eigenvalue weighted by Gasteiger charge is -2.15. The Bertz CT molecular complexity index is 888. The minimum absolute atomic E-state index is 0.0116. The van der Waals surface area contributed by atoms with Gasteiger partial charge in [0.15, 0.2) is 0 Å². The third kappa shape index (κ3) is 3.68. The fraction of sp³-hybridized carbons (Fsp3) is 0.400. The third-order valence-electron chi connectivity index (χ3n) is 4.69. The molecule has 3 rings (SSSR count). The van der Waals surface area contributed by atoms with Crippen molar-refractivity contribution in [3.8, 4) is 5.75 Å². The molecule has 1 fully saturated rings. The van der Waals surface area contributed by atoms with Crippen LogP contribution in [0.15, 0.2) is 40.1 Å². The number of amidine groups is 1. The Balaban J connectivity index is 1.78. The number of urea groups is 1. The largest absolute Gasteiger partial charge is 0.424 e. The highest BCUT2D eigenvalue weighted by atomic mass is 16.5. The maximum absolute atomic E-state index is 12.3. The van der Waals surface area contributed by atoms with Gasteiger partial charge < -0.3 is 14.8 Å². The number of nitrogens with one attached hydrogen (secondary N) is 1. The molecule has 1 unspecified atom stereocenters. The summed E-state index contributed by atoms with van der Waals surface area (Å²) < 4.78 is 11.4. The van der Waals surface area contributed by atoms with Crippen molar-refractivity contribution >= 4 is 24.7 Å². The number of amides is 3. The van der Waals surface area contributed by atoms with E-state index in [4.69, 9.17) is 9.47 Å². The summed E-state index contributed by atoms with van der Waals surface area (Å²) in [6.07, 6.45) is 2.29. The molecular weight excluding hydrogens is 360 g/mol. The second-order valence-electron chi connectivity index (χ2n) is 7.21. The first kappa shape index (κ1) is 19.8. The molecule has 0 spiro atoms. The summed E-state index contributed by atoms with van der Waals surface area (Å²) in [5.74, 6) is 0.218. The zero-order valence-corrected chi connectivity index (χ0v) is 16.5. The number of aliphatic imine (C=N–C) groups is 2. The number of nitrogens with zero attached hydrogens (tertiary/aromatic N) is 3. The topological polar surface area (TPSA) is 92.6 Å². The van der Waals surface area contributed by atoms with E-state index in [1.54, 1.807) is 20.8 Å². The van der Waals surface area contributed by atoms with Crippen molar-refractivity contribution in [3.63, 3.8) is 0 Å². The quantitative estimate of drug-likeness (QED) is 0.490. The van der Waals surface area contributed by atoms with E-state index in [-0.39, 0.29) is 18.0 Å². The second-order valence-corrected chi connectivity index (χ2v) is 7.21. The smallest absolute Gasteiger partial charge is 0.329 e. The van der Waals surface area contributed by atoms with E-state index in [1.165, 1.54) is 6.20 Å². The summed E-state index contributed by atoms with van der Waals surface area (Å²) in [6.45, 7) is 11.0. The van der Waals surface area contributed by atoms with Crippen molar-refractivity contribution in [1.29, 1.82) is 0 Å². The van der Waals surface area contributed by atoms with Gasteiger partial charge in [-0.25, -0.2) is 19.7 Å². The van der Waals surface area contributed by atoms with Gasteiger partial charge in [0, 0.05) is 5.70 Å². The van der Waals surface area contributed by atoms with E-state index in [2.05, 4.69) is 28.9 Å². The van der Waals surface area contributed by atoms with Gasteiger partial charge in [-0.05, 0) is 57.2 Å². The molecule has 0 aromatic heterocycles. The molecule has 8 nitrogen and oxygen atoms in total. The van der Waals surface area contributed by atoms with E-state index in [1.807, 2.05) is 18.2 Å². The molecule has 0 saturated carbocycles. The average Bonchev–Trinajstić information content (AvgIpc) is 3.15. The van der Waals surface area contributed by atoms with Crippen LogP contribution in [-0.4, -0.2) is 35.1 Å². The Morgan fingerprint density at radius 2 is 2.21 bits per heavy atom. The Labute approximate surface area is 163 Å². The number of carbonyl (C=O) groups excluding carboxylic acids is 2. The first-order valence-corrected chi connectivity index (χ1v) is 9.07. The molecule has 2 aliphatic heterocycles. The lowest BCUT2D eigenvalue weighted by atomic mass is 10.0. The van der Waals surface area contributed by atoms with Crippen LogP contribution in [0.2, 0.25) is 0 Å². The second kappa shape index (κ2) is 7.55. The van der Waals surface area contributed by atoms with Crippen LogP contribution in [0.1, 0.15) is 51.3 Å². The van der Waals surface area contributed by atoms with Crippen molar-refractivity contribution < 1.29 is 19.1 Å². The van der Waals surface area contributed by atoms with Crippen LogP contribution >= 0.6 is 0 Å². The van der Waals surface area contributed by atoms with Crippen molar-refractivity contribution in [2.75, 3.05) is 0 Å². The number of hydrogen-bond donors (Lipinski definition) is 1. The van der Waals surface area contributed by atoms with E-state index < -0.39 is 11.6 Å². The molecule has 1 aromatic carbocycles. The highest BCUT2D eigenvalue weighted by Gasteiger charge is 2.45. The maximum Gasteiger partial charge on any atom is 0.329 e. The van der Waals surface area contributed by atoms with Gasteiger partial charge in [0.1, 0.15) is 11.3 Å². The number of allylic oxidation sites excluding steroid dienone is 1. The van der Waals surface area contributed by atoms with E-state index in [0.717, 1.165) is 22.4 Å². The van der Waals surface area contributed by atoms with Crippen LogP contribution in [0.5, 0.6) is 5.75 Å². The van der Waals surface area contributed by atoms with Gasteiger partial charge in [0.05, 0.1) is 18.9 Å². The van der Waals surface area contributed by atoms with Crippen LogP contribution in [0.25, 0.3) is 0 Å². The van der Waals surface area contributed by atoms with Gasteiger partial charge in [-0.3, -0.25) is 4.79 Å². The number of imide groups is 1. The van der Waals surface area contributed by atoms with Crippen molar-refractivity contribution in [1.82, 2.24) is 10.2 Å². The summed E-state index contributed by atoms with van der Waals surface area (Å²) in [7, 11) is 0. The molecule has 28 heavy (non-hydrogen) atoms. The van der Waals surface area contributed by atoms with Gasteiger partial charge in [-0.2, -0.15) is 0 Å². The minimum atomic E-state index is -0.950. The molecule has 1 saturated heterocycles. The number of rotatable bonds is 4. The number of fused-ring (bicyclic) bond motifs is 1. The van der Waals surface area contributed by atoms with Crippen molar-refractivity contribution in [2.24, 2.45) is 9.98 Å². The molecule has 1 aromatic rings. The zero-order chi connectivity index (χ0) is 20.5. The number of benzene rings is 1. The predicted octanol–water partition coefficient (Wildman–Crippen LogP) is 3.30. The van der Waals surface area contributed by atoms with Crippen LogP contribution in [0.3, 0.4) is 0 Å². The molecular formula is C20H24N4O4. The summed E-state index contributed by atoms with van der Waals surface area (Å²) in [5, 5.41) is 2.62. The van der Waals surface area contributed by atoms with Crippen LogP contribution in [0.4, 0.5) is 4.79 Å². The van der Waals surface area contributed by atoms with Crippen molar-refractivity contribution in [3.05, 3.63) is 41.2 Å². The van der Waals surface area contributed by atoms with E-state index in [9.17, 15) is 9.59 Å². The average molecular weight is 384 g/mol. The number of ether oxygens (including phenoxy) is 2. The Morgan fingerprint density at radius 1 is 1.46 bits per heavy atom. The standard InChI is InChI=1S/C20H24N4O4/c1-6-16-15-9-14(8-7-13(15)11-27-16)28-18(21-5)22-10-12(2)24-17(25)20(3,4)23-19(24)26/h7-10,16H,5-6,11H2,1-4H3,(H,23,26)/b12-10+,22-18?.